The van der Waals surface area contributed by atoms with Crippen molar-refractivity contribution in [3.63, 3.8) is 0 Å². The Hall–Kier alpha value is -3.88. The molecule has 0 bridgehead atoms. The van der Waals surface area contributed by atoms with Crippen LogP contribution in [0, 0.1) is 13.8 Å². The van der Waals surface area contributed by atoms with Crippen LogP contribution in [0.5, 0.6) is 5.75 Å². The van der Waals surface area contributed by atoms with Crippen molar-refractivity contribution in [1.29, 1.82) is 0 Å². The van der Waals surface area contributed by atoms with Crippen LogP contribution in [-0.4, -0.2) is 27.7 Å². The van der Waals surface area contributed by atoms with Gasteiger partial charge in [0.1, 0.15) is 5.75 Å². The van der Waals surface area contributed by atoms with Crippen LogP contribution >= 0.6 is 23.8 Å². The van der Waals surface area contributed by atoms with Crippen LogP contribution in [0.15, 0.2) is 72.9 Å². The number of ether oxygens (including phenoxy) is 1. The number of amides is 1. The second-order valence-corrected chi connectivity index (χ2v) is 10.2. The molecule has 2 N–H and O–H groups in total. The number of hydrogen-bond acceptors (Lipinski definition) is 4. The molecular formula is C30H30ClN5O2S. The minimum atomic E-state index is -0.212. The van der Waals surface area contributed by atoms with Crippen molar-refractivity contribution < 1.29 is 9.53 Å². The molecule has 1 aliphatic heterocycles. The Balaban J connectivity index is 1.66. The number of anilines is 2. The Bertz CT molecular complexity index is 1540. The van der Waals surface area contributed by atoms with Gasteiger partial charge in [0.2, 0.25) is 5.91 Å². The van der Waals surface area contributed by atoms with E-state index >= 15 is 0 Å². The molecule has 1 amide bonds. The van der Waals surface area contributed by atoms with Crippen molar-refractivity contribution in [2.24, 2.45) is 0 Å². The molecule has 2 atom stereocenters. The SMILES string of the molecule is CCC(=O)Nc1ccc(N2C(=S)N[C@H](c3ccccn3)[C@H]2c2cc(C)n(-c3ccccc3Cl)c2C)cc1OC. The number of nitrogens with zero attached hydrogens (tertiary/aromatic N) is 3. The first-order chi connectivity index (χ1) is 18.8. The molecule has 200 valence electrons. The molecule has 7 nitrogen and oxygen atoms in total. The van der Waals surface area contributed by atoms with Gasteiger partial charge in [0.05, 0.1) is 41.3 Å². The molecule has 3 heterocycles. The summed E-state index contributed by atoms with van der Waals surface area (Å²) in [5, 5.41) is 7.67. The summed E-state index contributed by atoms with van der Waals surface area (Å²) < 4.78 is 7.84. The zero-order valence-corrected chi connectivity index (χ0v) is 23.8. The number of hydrogen-bond donors (Lipinski definition) is 2. The van der Waals surface area contributed by atoms with Gasteiger partial charge in [-0.1, -0.05) is 36.7 Å². The molecule has 0 unspecified atom stereocenters. The van der Waals surface area contributed by atoms with E-state index in [1.165, 1.54) is 0 Å². The summed E-state index contributed by atoms with van der Waals surface area (Å²) in [6.45, 7) is 5.99. The van der Waals surface area contributed by atoms with E-state index in [4.69, 9.17) is 28.6 Å². The average molecular weight is 560 g/mol. The molecule has 2 aromatic heterocycles. The Labute approximate surface area is 238 Å². The maximum Gasteiger partial charge on any atom is 0.224 e. The van der Waals surface area contributed by atoms with Crippen LogP contribution in [0.4, 0.5) is 11.4 Å². The third kappa shape index (κ3) is 4.97. The van der Waals surface area contributed by atoms with Gasteiger partial charge < -0.3 is 24.8 Å². The Morgan fingerprint density at radius 1 is 1.13 bits per heavy atom. The standard InChI is InChI=1S/C30H30ClN5O2S/c1-5-27(37)33-23-14-13-20(17-26(23)38-4)36-29(28(34-30(36)39)24-11-8-9-15-32-24)21-16-18(2)35(19(21)3)25-12-7-6-10-22(25)31/h6-17,28-29H,5H2,1-4H3,(H,33,37)(H,34,39)/t28-,29-/m1/s1. The van der Waals surface area contributed by atoms with E-state index in [2.05, 4.69) is 45.0 Å². The highest BCUT2D eigenvalue weighted by Crippen LogP contribution is 2.45. The van der Waals surface area contributed by atoms with Gasteiger partial charge in [-0.3, -0.25) is 9.78 Å². The average Bonchev–Trinajstić information content (AvgIpc) is 3.44. The number of halogens is 1. The molecule has 1 aliphatic rings. The minimum absolute atomic E-state index is 0.0838. The van der Waals surface area contributed by atoms with Crippen molar-refractivity contribution in [2.75, 3.05) is 17.3 Å². The summed E-state index contributed by atoms with van der Waals surface area (Å²) in [6, 6.07) is 21.2. The fraction of sp³-hybridized carbons (Fsp3) is 0.233. The lowest BCUT2D eigenvalue weighted by molar-refractivity contribution is -0.115. The molecule has 1 saturated heterocycles. The number of nitrogens with one attached hydrogen (secondary N) is 2. The van der Waals surface area contributed by atoms with E-state index in [-0.39, 0.29) is 18.0 Å². The maximum atomic E-state index is 12.1. The van der Waals surface area contributed by atoms with E-state index in [0.29, 0.717) is 28.0 Å². The zero-order valence-electron chi connectivity index (χ0n) is 22.2. The van der Waals surface area contributed by atoms with Crippen LogP contribution in [0.2, 0.25) is 5.02 Å². The highest BCUT2D eigenvalue weighted by Gasteiger charge is 2.42. The fourth-order valence-corrected chi connectivity index (χ4v) is 5.78. The van der Waals surface area contributed by atoms with E-state index in [1.54, 1.807) is 13.3 Å². The van der Waals surface area contributed by atoms with Gasteiger partial charge in [-0.2, -0.15) is 0 Å². The van der Waals surface area contributed by atoms with Crippen LogP contribution in [0.3, 0.4) is 0 Å². The van der Waals surface area contributed by atoms with Gasteiger partial charge in [-0.05, 0) is 74.1 Å². The lowest BCUT2D eigenvalue weighted by Crippen LogP contribution is -2.29. The topological polar surface area (TPSA) is 71.4 Å². The predicted octanol–water partition coefficient (Wildman–Crippen LogP) is 6.68. The van der Waals surface area contributed by atoms with Crippen LogP contribution in [0.25, 0.3) is 5.69 Å². The van der Waals surface area contributed by atoms with Gasteiger partial charge in [-0.15, -0.1) is 0 Å². The van der Waals surface area contributed by atoms with Crippen molar-refractivity contribution in [2.45, 2.75) is 39.3 Å². The van der Waals surface area contributed by atoms with Crippen LogP contribution in [-0.2, 0) is 4.79 Å². The Morgan fingerprint density at radius 3 is 2.59 bits per heavy atom. The first kappa shape index (κ1) is 26.7. The van der Waals surface area contributed by atoms with Gasteiger partial charge in [-0.25, -0.2) is 0 Å². The number of para-hydroxylation sites is 1. The van der Waals surface area contributed by atoms with Crippen LogP contribution < -0.4 is 20.3 Å². The molecule has 4 aromatic rings. The summed E-state index contributed by atoms with van der Waals surface area (Å²) in [6.07, 6.45) is 2.17. The third-order valence-electron chi connectivity index (χ3n) is 7.04. The second-order valence-electron chi connectivity index (χ2n) is 9.40. The Morgan fingerprint density at radius 2 is 1.90 bits per heavy atom. The predicted molar refractivity (Wildman–Crippen MR) is 160 cm³/mol. The number of carbonyl (C=O) groups excluding carboxylic acids is 1. The van der Waals surface area contributed by atoms with Crippen molar-refractivity contribution >= 4 is 46.2 Å². The van der Waals surface area contributed by atoms with E-state index < -0.39 is 0 Å². The van der Waals surface area contributed by atoms with E-state index in [0.717, 1.165) is 34.0 Å². The molecule has 0 aliphatic carbocycles. The summed E-state index contributed by atoms with van der Waals surface area (Å²) in [5.41, 5.74) is 6.47. The van der Waals surface area contributed by atoms with Crippen molar-refractivity contribution in [3.8, 4) is 11.4 Å². The third-order valence-corrected chi connectivity index (χ3v) is 7.67. The summed E-state index contributed by atoms with van der Waals surface area (Å²) in [5.74, 6) is 0.471. The molecule has 0 spiro atoms. The quantitative estimate of drug-likeness (QED) is 0.246. The highest BCUT2D eigenvalue weighted by molar-refractivity contribution is 7.80. The minimum Gasteiger partial charge on any atom is -0.494 e. The Kier molecular flexibility index (Phi) is 7.59. The van der Waals surface area contributed by atoms with Gasteiger partial charge in [0, 0.05) is 35.8 Å². The number of aryl methyl sites for hydroxylation is 1. The number of rotatable bonds is 7. The number of methoxy groups -OCH3 is 1. The second kappa shape index (κ2) is 11.1. The number of carbonyl (C=O) groups is 1. The maximum absolute atomic E-state index is 12.1. The van der Waals surface area contributed by atoms with E-state index in [1.807, 2.05) is 67.6 Å². The smallest absolute Gasteiger partial charge is 0.224 e. The molecule has 1 fully saturated rings. The lowest BCUT2D eigenvalue weighted by Gasteiger charge is -2.29. The lowest BCUT2D eigenvalue weighted by atomic mass is 9.96. The monoisotopic (exact) mass is 559 g/mol. The van der Waals surface area contributed by atoms with Crippen molar-refractivity contribution in [1.82, 2.24) is 14.9 Å². The number of pyridine rings is 1. The molecule has 5 rings (SSSR count). The molecule has 0 saturated carbocycles. The van der Waals surface area contributed by atoms with Crippen molar-refractivity contribution in [3.05, 3.63) is 101 Å². The zero-order chi connectivity index (χ0) is 27.7. The van der Waals surface area contributed by atoms with Gasteiger partial charge in [0.15, 0.2) is 5.11 Å². The molecule has 0 radical (unpaired) electrons. The first-order valence-electron chi connectivity index (χ1n) is 12.8. The van der Waals surface area contributed by atoms with E-state index in [9.17, 15) is 4.79 Å². The van der Waals surface area contributed by atoms with Crippen LogP contribution in [0.1, 0.15) is 48.1 Å². The molecule has 39 heavy (non-hydrogen) atoms. The number of aromatic nitrogens is 2. The number of benzene rings is 2. The van der Waals surface area contributed by atoms with Gasteiger partial charge in [0.25, 0.3) is 0 Å². The normalized spacial score (nSPS) is 16.7. The van der Waals surface area contributed by atoms with Gasteiger partial charge >= 0.3 is 0 Å². The fourth-order valence-electron chi connectivity index (χ4n) is 5.21. The molecule has 9 heteroatoms. The number of thiocarbonyl (C=S) groups is 1. The summed E-state index contributed by atoms with van der Waals surface area (Å²) in [4.78, 5) is 18.8. The summed E-state index contributed by atoms with van der Waals surface area (Å²) >= 11 is 12.5. The molecule has 2 aromatic carbocycles. The molecular weight excluding hydrogens is 530 g/mol. The summed E-state index contributed by atoms with van der Waals surface area (Å²) in [7, 11) is 1.59. The highest BCUT2D eigenvalue weighted by atomic mass is 35.5. The first-order valence-corrected chi connectivity index (χ1v) is 13.5. The largest absolute Gasteiger partial charge is 0.494 e.